The molecule has 0 saturated heterocycles. The minimum Gasteiger partial charge on any atom is -0.356 e. The summed E-state index contributed by atoms with van der Waals surface area (Å²) in [4.78, 5) is 10.8. The van der Waals surface area contributed by atoms with Crippen molar-refractivity contribution in [1.29, 1.82) is 0 Å². The van der Waals surface area contributed by atoms with Gasteiger partial charge in [-0.05, 0) is 12.8 Å². The predicted molar refractivity (Wildman–Crippen MR) is 42.5 cm³/mol. The maximum absolute atomic E-state index is 10.8. The van der Waals surface area contributed by atoms with Crippen LogP contribution >= 0.6 is 0 Å². The highest BCUT2D eigenvalue weighted by molar-refractivity contribution is 5.75. The number of unbranched alkanes of at least 4 members (excludes halogenated alkanes) is 1. The van der Waals surface area contributed by atoms with E-state index in [0.29, 0.717) is 6.42 Å². The van der Waals surface area contributed by atoms with E-state index in [1.165, 1.54) is 0 Å². The first kappa shape index (κ1) is 9.47. The zero-order valence-electron chi connectivity index (χ0n) is 6.65. The van der Waals surface area contributed by atoms with Gasteiger partial charge in [-0.1, -0.05) is 20.3 Å². The topological polar surface area (TPSA) is 29.1 Å². The molecule has 0 saturated carbocycles. The van der Waals surface area contributed by atoms with Crippen LogP contribution < -0.4 is 5.32 Å². The van der Waals surface area contributed by atoms with Crippen molar-refractivity contribution in [3.63, 3.8) is 0 Å². The van der Waals surface area contributed by atoms with Crippen molar-refractivity contribution in [3.05, 3.63) is 6.92 Å². The molecule has 0 rings (SSSR count). The van der Waals surface area contributed by atoms with E-state index in [-0.39, 0.29) is 5.91 Å². The molecule has 10 heavy (non-hydrogen) atoms. The van der Waals surface area contributed by atoms with Crippen LogP contribution in [0.5, 0.6) is 0 Å². The molecular formula is C8H16NO. The summed E-state index contributed by atoms with van der Waals surface area (Å²) >= 11 is 0. The first-order chi connectivity index (χ1) is 4.81. The Morgan fingerprint density at radius 3 is 2.80 bits per heavy atom. The number of hydrogen-bond acceptors (Lipinski definition) is 1. The molecule has 2 heteroatoms. The van der Waals surface area contributed by atoms with Crippen LogP contribution in [0.25, 0.3) is 0 Å². The van der Waals surface area contributed by atoms with Gasteiger partial charge in [0.15, 0.2) is 0 Å². The number of amides is 1. The number of nitrogens with one attached hydrogen (secondary N) is 1. The van der Waals surface area contributed by atoms with Gasteiger partial charge in [-0.25, -0.2) is 0 Å². The molecule has 1 radical (unpaired) electrons. The lowest BCUT2D eigenvalue weighted by Crippen LogP contribution is -2.23. The van der Waals surface area contributed by atoms with Crippen molar-refractivity contribution in [1.82, 2.24) is 5.32 Å². The average Bonchev–Trinajstić information content (AvgIpc) is 1.89. The van der Waals surface area contributed by atoms with Gasteiger partial charge in [0, 0.05) is 13.0 Å². The van der Waals surface area contributed by atoms with Gasteiger partial charge in [0.2, 0.25) is 5.91 Å². The molecule has 0 atom stereocenters. The molecule has 0 aliphatic heterocycles. The van der Waals surface area contributed by atoms with Gasteiger partial charge < -0.3 is 5.32 Å². The highest BCUT2D eigenvalue weighted by Crippen LogP contribution is 1.87. The van der Waals surface area contributed by atoms with Crippen molar-refractivity contribution < 1.29 is 4.79 Å². The predicted octanol–water partition coefficient (Wildman–Crippen LogP) is 1.52. The number of carbonyl (C=O) groups is 1. The molecule has 0 aliphatic carbocycles. The monoisotopic (exact) mass is 142 g/mol. The van der Waals surface area contributed by atoms with E-state index in [0.717, 1.165) is 25.8 Å². The second-order valence-corrected chi connectivity index (χ2v) is 2.31. The normalized spacial score (nSPS) is 9.40. The minimum atomic E-state index is 0.163. The molecule has 1 amide bonds. The largest absolute Gasteiger partial charge is 0.356 e. The smallest absolute Gasteiger partial charge is 0.219 e. The molecular weight excluding hydrogens is 126 g/mol. The fraction of sp³-hybridized carbons (Fsp3) is 0.750. The molecule has 0 heterocycles. The lowest BCUT2D eigenvalue weighted by Gasteiger charge is -2.00. The summed E-state index contributed by atoms with van der Waals surface area (Å²) in [6.07, 6.45) is 3.45. The van der Waals surface area contributed by atoms with Gasteiger partial charge in [0.05, 0.1) is 0 Å². The van der Waals surface area contributed by atoms with Gasteiger partial charge in [-0.15, -0.1) is 0 Å². The molecule has 0 aliphatic rings. The molecule has 0 spiro atoms. The van der Waals surface area contributed by atoms with Gasteiger partial charge in [0.1, 0.15) is 0 Å². The van der Waals surface area contributed by atoms with Gasteiger partial charge in [-0.2, -0.15) is 0 Å². The lowest BCUT2D eigenvalue weighted by molar-refractivity contribution is -0.121. The molecule has 0 bridgehead atoms. The third-order valence-electron chi connectivity index (χ3n) is 1.23. The SMILES string of the molecule is [CH2]CCCNC(=O)CCC. The molecule has 0 fully saturated rings. The van der Waals surface area contributed by atoms with Crippen molar-refractivity contribution in [2.45, 2.75) is 32.6 Å². The van der Waals surface area contributed by atoms with Crippen LogP contribution in [0.3, 0.4) is 0 Å². The summed E-state index contributed by atoms with van der Waals surface area (Å²) in [7, 11) is 0. The highest BCUT2D eigenvalue weighted by atomic mass is 16.1. The zero-order chi connectivity index (χ0) is 7.82. The van der Waals surface area contributed by atoms with Gasteiger partial charge >= 0.3 is 0 Å². The summed E-state index contributed by atoms with van der Waals surface area (Å²) in [5, 5.41) is 2.81. The Labute approximate surface area is 63.0 Å². The first-order valence-corrected chi connectivity index (χ1v) is 3.87. The molecule has 0 unspecified atom stereocenters. The number of hydrogen-bond donors (Lipinski definition) is 1. The Hall–Kier alpha value is -0.530. The van der Waals surface area contributed by atoms with Crippen LogP contribution in [-0.2, 0) is 4.79 Å². The van der Waals surface area contributed by atoms with Gasteiger partial charge in [-0.3, -0.25) is 4.79 Å². The summed E-state index contributed by atoms with van der Waals surface area (Å²) in [6, 6.07) is 0. The lowest BCUT2D eigenvalue weighted by atomic mass is 10.3. The maximum atomic E-state index is 10.8. The quantitative estimate of drug-likeness (QED) is 0.579. The minimum absolute atomic E-state index is 0.163. The van der Waals surface area contributed by atoms with E-state index < -0.39 is 0 Å². The van der Waals surface area contributed by atoms with Crippen LogP contribution in [0, 0.1) is 6.92 Å². The van der Waals surface area contributed by atoms with Crippen LogP contribution in [-0.4, -0.2) is 12.5 Å². The van der Waals surface area contributed by atoms with E-state index in [9.17, 15) is 4.79 Å². The fourth-order valence-electron chi connectivity index (χ4n) is 0.668. The van der Waals surface area contributed by atoms with Gasteiger partial charge in [0.25, 0.3) is 0 Å². The highest BCUT2D eigenvalue weighted by Gasteiger charge is 1.95. The second kappa shape index (κ2) is 6.59. The summed E-state index contributed by atoms with van der Waals surface area (Å²) in [5.74, 6) is 0.163. The Kier molecular flexibility index (Phi) is 6.24. The summed E-state index contributed by atoms with van der Waals surface area (Å²) in [6.45, 7) is 6.46. The number of carbonyl (C=O) groups excluding carboxylic acids is 1. The average molecular weight is 142 g/mol. The van der Waals surface area contributed by atoms with Crippen molar-refractivity contribution >= 4 is 5.91 Å². The van der Waals surface area contributed by atoms with E-state index in [1.54, 1.807) is 0 Å². The first-order valence-electron chi connectivity index (χ1n) is 3.87. The van der Waals surface area contributed by atoms with Crippen molar-refractivity contribution in [2.75, 3.05) is 6.54 Å². The Morgan fingerprint density at radius 2 is 2.30 bits per heavy atom. The molecule has 1 N–H and O–H groups in total. The van der Waals surface area contributed by atoms with Crippen LogP contribution in [0.2, 0.25) is 0 Å². The third kappa shape index (κ3) is 5.60. The zero-order valence-corrected chi connectivity index (χ0v) is 6.65. The second-order valence-electron chi connectivity index (χ2n) is 2.31. The van der Waals surface area contributed by atoms with E-state index in [1.807, 2.05) is 6.92 Å². The van der Waals surface area contributed by atoms with E-state index in [4.69, 9.17) is 0 Å². The standard InChI is InChI=1S/C8H16NO/c1-3-5-7-9-8(10)6-4-2/h1,3-7H2,2H3,(H,9,10). The Morgan fingerprint density at radius 1 is 1.60 bits per heavy atom. The van der Waals surface area contributed by atoms with E-state index in [2.05, 4.69) is 12.2 Å². The molecule has 2 nitrogen and oxygen atoms in total. The Bertz CT molecular complexity index is 91.3. The van der Waals surface area contributed by atoms with Crippen LogP contribution in [0.15, 0.2) is 0 Å². The maximum Gasteiger partial charge on any atom is 0.219 e. The van der Waals surface area contributed by atoms with E-state index >= 15 is 0 Å². The van der Waals surface area contributed by atoms with Crippen LogP contribution in [0.4, 0.5) is 0 Å². The van der Waals surface area contributed by atoms with Crippen molar-refractivity contribution in [2.24, 2.45) is 0 Å². The summed E-state index contributed by atoms with van der Waals surface area (Å²) < 4.78 is 0. The summed E-state index contributed by atoms with van der Waals surface area (Å²) in [5.41, 5.74) is 0. The molecule has 59 valence electrons. The molecule has 0 aromatic heterocycles. The van der Waals surface area contributed by atoms with Crippen molar-refractivity contribution in [3.8, 4) is 0 Å². The number of rotatable bonds is 5. The fourth-order valence-corrected chi connectivity index (χ4v) is 0.668. The molecule has 0 aromatic rings. The third-order valence-corrected chi connectivity index (χ3v) is 1.23. The Balaban J connectivity index is 3.05. The van der Waals surface area contributed by atoms with Crippen LogP contribution in [0.1, 0.15) is 32.6 Å². The molecule has 0 aromatic carbocycles.